The molecule has 0 bridgehead atoms. The Balaban J connectivity index is 2.75. The first-order chi connectivity index (χ1) is 2.81. The molecule has 0 saturated carbocycles. The van der Waals surface area contributed by atoms with Gasteiger partial charge in [-0.05, 0) is 13.8 Å². The van der Waals surface area contributed by atoms with Crippen molar-refractivity contribution in [3.8, 4) is 0 Å². The zero-order valence-electron chi connectivity index (χ0n) is 3.94. The highest BCUT2D eigenvalue weighted by Crippen LogP contribution is 1.84. The normalized spacial score (nSPS) is 10.0. The summed E-state index contributed by atoms with van der Waals surface area (Å²) in [6.07, 6.45) is 0. The second-order valence-corrected chi connectivity index (χ2v) is 2.80. The topological polar surface area (TPSA) is 23.1 Å². The number of hydrogen-bond acceptors (Lipinski definition) is 1. The molecule has 0 saturated heterocycles. The minimum atomic E-state index is -0.645. The molecule has 37 valence electrons. The predicted octanol–water partition coefficient (Wildman–Crippen LogP) is 0.589. The lowest BCUT2D eigenvalue weighted by molar-refractivity contribution is 0.599. The Morgan fingerprint density at radius 2 is 2.33 bits per heavy atom. The zero-order valence-corrected chi connectivity index (χ0v) is 4.75. The van der Waals surface area contributed by atoms with Crippen LogP contribution in [-0.4, -0.2) is 16.1 Å². The second-order valence-electron chi connectivity index (χ2n) is 0.933. The maximum atomic E-state index is 10.2. The van der Waals surface area contributed by atoms with Crippen LogP contribution < -0.4 is 0 Å². The van der Waals surface area contributed by atoms with Crippen LogP contribution in [0.2, 0.25) is 0 Å². The fourth-order valence-corrected chi connectivity index (χ4v) is 0.433. The van der Waals surface area contributed by atoms with Gasteiger partial charge in [0.2, 0.25) is 0 Å². The fourth-order valence-electron chi connectivity index (χ4n) is 0.144. The van der Waals surface area contributed by atoms with Gasteiger partial charge in [0.25, 0.3) is 0 Å². The molecule has 1 nitrogen and oxygen atoms in total. The van der Waals surface area contributed by atoms with Crippen molar-refractivity contribution in [3.05, 3.63) is 6.92 Å². The molecule has 0 fully saturated rings. The molecule has 0 N–H and O–H groups in total. The predicted molar refractivity (Wildman–Crippen MR) is 28.9 cm³/mol. The third kappa shape index (κ3) is 2.54. The lowest BCUT2D eigenvalue weighted by Gasteiger charge is -2.01. The summed E-state index contributed by atoms with van der Waals surface area (Å²) < 4.78 is 10.2. The Morgan fingerprint density at radius 1 is 1.83 bits per heavy atom. The Kier molecular flexibility index (Phi) is 3.68. The van der Waals surface area contributed by atoms with Gasteiger partial charge in [-0.25, -0.2) is 0 Å². The minimum Gasteiger partial charge on any atom is -0.616 e. The maximum Gasteiger partial charge on any atom is 0.105 e. The molecule has 0 heterocycles. The summed E-state index contributed by atoms with van der Waals surface area (Å²) in [6, 6.07) is 0. The molecule has 6 heavy (non-hydrogen) atoms. The van der Waals surface area contributed by atoms with Crippen molar-refractivity contribution in [2.45, 2.75) is 6.92 Å². The first-order valence-corrected chi connectivity index (χ1v) is 3.44. The Hall–Kier alpha value is 0.310. The van der Waals surface area contributed by atoms with E-state index >= 15 is 0 Å². The van der Waals surface area contributed by atoms with Crippen LogP contribution >= 0.6 is 0 Å². The summed E-state index contributed by atoms with van der Waals surface area (Å²) in [6.45, 7) is 5.35. The molecule has 1 atom stereocenters. The standard InChI is InChI=1S/C4H9OS/c1-3-6(5)4-2/h1,3-4H2,2H3/t6-/m0/s1. The van der Waals surface area contributed by atoms with Gasteiger partial charge in [-0.2, -0.15) is 0 Å². The van der Waals surface area contributed by atoms with E-state index in [2.05, 4.69) is 6.92 Å². The van der Waals surface area contributed by atoms with Crippen LogP contribution in [0.3, 0.4) is 0 Å². The lowest BCUT2D eigenvalue weighted by Crippen LogP contribution is -2.04. The summed E-state index contributed by atoms with van der Waals surface area (Å²) in [5, 5.41) is 0. The van der Waals surface area contributed by atoms with Gasteiger partial charge in [-0.15, -0.1) is 0 Å². The molecule has 0 aliphatic carbocycles. The Labute approximate surface area is 41.9 Å². The summed E-state index contributed by atoms with van der Waals surface area (Å²) >= 11 is -0.645. The van der Waals surface area contributed by atoms with E-state index in [4.69, 9.17) is 0 Å². The van der Waals surface area contributed by atoms with E-state index in [-0.39, 0.29) is 0 Å². The number of rotatable bonds is 2. The van der Waals surface area contributed by atoms with Crippen molar-refractivity contribution >= 4 is 11.2 Å². The summed E-state index contributed by atoms with van der Waals surface area (Å²) in [7, 11) is 0. The first kappa shape index (κ1) is 6.31. The van der Waals surface area contributed by atoms with E-state index in [1.807, 2.05) is 6.92 Å². The highest BCUT2D eigenvalue weighted by Gasteiger charge is 1.91. The molecule has 0 spiro atoms. The van der Waals surface area contributed by atoms with E-state index in [1.54, 1.807) is 0 Å². The van der Waals surface area contributed by atoms with Crippen LogP contribution in [0, 0.1) is 6.92 Å². The molecular weight excluding hydrogens is 96.1 g/mol. The second kappa shape index (κ2) is 3.50. The summed E-state index contributed by atoms with van der Waals surface area (Å²) in [5.74, 6) is 1.29. The number of hydrogen-bond donors (Lipinski definition) is 0. The largest absolute Gasteiger partial charge is 0.616 e. The molecule has 0 rings (SSSR count). The third-order valence-electron chi connectivity index (χ3n) is 0.550. The van der Waals surface area contributed by atoms with Crippen molar-refractivity contribution < 1.29 is 4.55 Å². The van der Waals surface area contributed by atoms with Crippen molar-refractivity contribution in [2.24, 2.45) is 0 Å². The molecule has 0 aromatic heterocycles. The molecule has 0 aliphatic heterocycles. The van der Waals surface area contributed by atoms with E-state index in [0.29, 0.717) is 5.75 Å². The molecule has 0 aromatic rings. The Morgan fingerprint density at radius 3 is 2.33 bits per heavy atom. The van der Waals surface area contributed by atoms with Gasteiger partial charge in [0.1, 0.15) is 11.5 Å². The third-order valence-corrected chi connectivity index (χ3v) is 1.65. The van der Waals surface area contributed by atoms with Gasteiger partial charge in [-0.3, -0.25) is 0 Å². The van der Waals surface area contributed by atoms with E-state index < -0.39 is 11.2 Å². The van der Waals surface area contributed by atoms with Crippen LogP contribution in [0.4, 0.5) is 0 Å². The van der Waals surface area contributed by atoms with E-state index in [9.17, 15) is 4.55 Å². The molecule has 0 amide bonds. The van der Waals surface area contributed by atoms with Gasteiger partial charge in [0.05, 0.1) is 0 Å². The van der Waals surface area contributed by atoms with Crippen molar-refractivity contribution in [3.63, 3.8) is 0 Å². The molecule has 0 aliphatic rings. The average molecular weight is 105 g/mol. The van der Waals surface area contributed by atoms with Gasteiger partial charge in [0, 0.05) is 0 Å². The van der Waals surface area contributed by atoms with Gasteiger partial charge < -0.3 is 4.55 Å². The van der Waals surface area contributed by atoms with Crippen molar-refractivity contribution in [1.29, 1.82) is 0 Å². The van der Waals surface area contributed by atoms with Crippen LogP contribution in [-0.2, 0) is 11.2 Å². The maximum absolute atomic E-state index is 10.2. The first-order valence-electron chi connectivity index (χ1n) is 1.95. The highest BCUT2D eigenvalue weighted by molar-refractivity contribution is 7.91. The van der Waals surface area contributed by atoms with Crippen molar-refractivity contribution in [1.82, 2.24) is 0 Å². The zero-order chi connectivity index (χ0) is 4.99. The lowest BCUT2D eigenvalue weighted by atomic mass is 11.0. The monoisotopic (exact) mass is 105 g/mol. The minimum absolute atomic E-state index is 0.552. The van der Waals surface area contributed by atoms with E-state index in [0.717, 1.165) is 5.75 Å². The molecule has 0 unspecified atom stereocenters. The van der Waals surface area contributed by atoms with Crippen LogP contribution in [0.25, 0.3) is 0 Å². The molecule has 1 radical (unpaired) electrons. The quantitative estimate of drug-likeness (QED) is 0.471. The van der Waals surface area contributed by atoms with Gasteiger partial charge in [0.15, 0.2) is 0 Å². The van der Waals surface area contributed by atoms with Gasteiger partial charge in [-0.1, -0.05) is 11.2 Å². The molecular formula is C4H9OS. The fraction of sp³-hybridized carbons (Fsp3) is 0.750. The SMILES string of the molecule is [CH2]C[S@+]([O-])CC. The van der Waals surface area contributed by atoms with Crippen LogP contribution in [0.5, 0.6) is 0 Å². The smallest absolute Gasteiger partial charge is 0.105 e. The van der Waals surface area contributed by atoms with E-state index in [1.165, 1.54) is 0 Å². The van der Waals surface area contributed by atoms with Crippen LogP contribution in [0.15, 0.2) is 0 Å². The van der Waals surface area contributed by atoms with Crippen molar-refractivity contribution in [2.75, 3.05) is 11.5 Å². The summed E-state index contributed by atoms with van der Waals surface area (Å²) in [5.41, 5.74) is 0. The van der Waals surface area contributed by atoms with Gasteiger partial charge >= 0.3 is 0 Å². The summed E-state index contributed by atoms with van der Waals surface area (Å²) in [4.78, 5) is 0. The van der Waals surface area contributed by atoms with Crippen LogP contribution in [0.1, 0.15) is 6.92 Å². The highest BCUT2D eigenvalue weighted by atomic mass is 32.2. The molecule has 0 aromatic carbocycles. The molecule has 2 heteroatoms. The average Bonchev–Trinajstić information content (AvgIpc) is 1.65. The Bertz CT molecular complexity index is 26.7.